The van der Waals surface area contributed by atoms with Gasteiger partial charge in [0.2, 0.25) is 0 Å². The number of anilines is 1. The van der Waals surface area contributed by atoms with Gasteiger partial charge in [-0.25, -0.2) is 28.6 Å². The third kappa shape index (κ3) is 7.52. The van der Waals surface area contributed by atoms with E-state index in [4.69, 9.17) is 14.5 Å². The number of phosphoric ester groups is 1. The molecule has 0 bridgehead atoms. The van der Waals surface area contributed by atoms with Gasteiger partial charge in [-0.15, -0.1) is 0 Å². The summed E-state index contributed by atoms with van der Waals surface area (Å²) in [5.41, 5.74) is 0.850. The lowest BCUT2D eigenvalue weighted by Crippen LogP contribution is -2.26. The first-order valence-corrected chi connectivity index (χ1v) is 15.4. The first-order valence-electron chi connectivity index (χ1n) is 10.9. The number of aromatic nitrogens is 4. The molecule has 0 amide bonds. The molecule has 1 fully saturated rings. The molecule has 2 unspecified atom stereocenters. The molecule has 0 aliphatic carbocycles. The molecule has 5 atom stereocenters. The van der Waals surface area contributed by atoms with Gasteiger partial charge in [-0.3, -0.25) is 19.2 Å². The van der Waals surface area contributed by atoms with E-state index in [1.54, 1.807) is 18.2 Å². The van der Waals surface area contributed by atoms with Crippen LogP contribution in [0.1, 0.15) is 18.2 Å². The van der Waals surface area contributed by atoms with Crippen molar-refractivity contribution in [3.8, 4) is 0 Å². The first-order chi connectivity index (χ1) is 18.6. The molecule has 1 aromatic carbocycles. The van der Waals surface area contributed by atoms with Crippen molar-refractivity contribution >= 4 is 46.1 Å². The number of phosphoric acid groups is 3. The molecule has 3 aromatic rings. The van der Waals surface area contributed by atoms with Gasteiger partial charge in [-0.1, -0.05) is 18.2 Å². The predicted molar refractivity (Wildman–Crippen MR) is 130 cm³/mol. The van der Waals surface area contributed by atoms with Crippen molar-refractivity contribution in [3.63, 3.8) is 0 Å². The summed E-state index contributed by atoms with van der Waals surface area (Å²) in [7, 11) is -16.7. The average Bonchev–Trinajstić information content (AvgIpc) is 3.42. The summed E-state index contributed by atoms with van der Waals surface area (Å²) in [5, 5.41) is 24.6. The third-order valence-corrected chi connectivity index (χ3v) is 9.13. The maximum absolute atomic E-state index is 12.0. The summed E-state index contributed by atoms with van der Waals surface area (Å²) in [4.78, 5) is 59.3. The summed E-state index contributed by atoms with van der Waals surface area (Å²) < 4.78 is 53.0. The Labute approximate surface area is 223 Å². The maximum Gasteiger partial charge on any atom is 0.490 e. The lowest BCUT2D eigenvalue weighted by molar-refractivity contribution is -0.385. The Balaban J connectivity index is 1.42. The molecule has 40 heavy (non-hydrogen) atoms. The fourth-order valence-electron chi connectivity index (χ4n) is 3.72. The number of benzene rings is 1. The van der Waals surface area contributed by atoms with Crippen molar-refractivity contribution in [2.75, 3.05) is 11.9 Å². The van der Waals surface area contributed by atoms with E-state index in [-0.39, 0.29) is 35.6 Å². The van der Waals surface area contributed by atoms with E-state index in [2.05, 4.69) is 33.4 Å². The molecule has 3 heterocycles. The molecule has 23 heteroatoms. The minimum Gasteiger partial charge on any atom is -0.390 e. The van der Waals surface area contributed by atoms with Gasteiger partial charge < -0.3 is 34.7 Å². The molecule has 0 saturated carbocycles. The number of aliphatic hydroxyl groups excluding tert-OH is 1. The first kappa shape index (κ1) is 30.3. The summed E-state index contributed by atoms with van der Waals surface area (Å²) in [6.45, 7) is -0.789. The summed E-state index contributed by atoms with van der Waals surface area (Å²) >= 11 is 0. The van der Waals surface area contributed by atoms with E-state index in [1.807, 2.05) is 0 Å². The number of hydrogen-bond acceptors (Lipinski definition) is 14. The molecule has 1 aliphatic heterocycles. The molecule has 2 aromatic heterocycles. The van der Waals surface area contributed by atoms with Crippen molar-refractivity contribution in [1.82, 2.24) is 19.5 Å². The highest BCUT2D eigenvalue weighted by Gasteiger charge is 2.43. The minimum atomic E-state index is -5.70. The van der Waals surface area contributed by atoms with Crippen LogP contribution < -0.4 is 5.32 Å². The SMILES string of the molecule is O=[N+]([O-])c1ccccc1CNc1ncnc2c1ncn2[C@H]1C[C@@H](O)[C@@H](COP(=O)(O)OP(=O)(O)OP(=O)(O)O)O1. The quantitative estimate of drug-likeness (QED) is 0.0939. The summed E-state index contributed by atoms with van der Waals surface area (Å²) in [5.74, 6) is 0.254. The molecule has 4 rings (SSSR count). The van der Waals surface area contributed by atoms with Crippen molar-refractivity contribution in [2.24, 2.45) is 0 Å². The zero-order chi connectivity index (χ0) is 29.3. The zero-order valence-electron chi connectivity index (χ0n) is 19.8. The average molecular weight is 626 g/mol. The van der Waals surface area contributed by atoms with Crippen LogP contribution in [0, 0.1) is 10.1 Å². The molecule has 1 saturated heterocycles. The van der Waals surface area contributed by atoms with Crippen LogP contribution in [0.2, 0.25) is 0 Å². The van der Waals surface area contributed by atoms with Crippen molar-refractivity contribution < 1.29 is 61.2 Å². The Morgan fingerprint density at radius 2 is 1.82 bits per heavy atom. The highest BCUT2D eigenvalue weighted by molar-refractivity contribution is 7.66. The second-order valence-electron chi connectivity index (χ2n) is 8.10. The summed E-state index contributed by atoms with van der Waals surface area (Å²) in [6.07, 6.45) is -0.970. The van der Waals surface area contributed by atoms with Gasteiger partial charge in [0, 0.05) is 24.6 Å². The number of nitrogens with one attached hydrogen (secondary N) is 1. The Bertz CT molecular complexity index is 1550. The standard InChI is InChI=1S/C17H21N6O14P3/c24-12-5-14(35-13(12)7-34-39(30,31)37-40(32,33)36-38(27,28)29)22-9-21-15-16(19-8-20-17(15)22)18-6-10-3-1-2-4-11(10)23(25)26/h1-4,8-9,12-14,24H,5-7H2,(H,30,31)(H,32,33)(H,18,19,20)(H2,27,28,29)/t12-,13-,14-/m1/s1. The van der Waals surface area contributed by atoms with Gasteiger partial charge in [0.1, 0.15) is 18.7 Å². The number of nitro groups is 1. The molecule has 6 N–H and O–H groups in total. The third-order valence-electron chi connectivity index (χ3n) is 5.33. The number of rotatable bonds is 12. The van der Waals surface area contributed by atoms with E-state index in [9.17, 15) is 38.7 Å². The molecule has 0 spiro atoms. The smallest absolute Gasteiger partial charge is 0.390 e. The number of ether oxygens (including phenoxy) is 1. The number of para-hydroxylation sites is 1. The van der Waals surface area contributed by atoms with Gasteiger partial charge in [0.25, 0.3) is 5.69 Å². The fraction of sp³-hybridized carbons (Fsp3) is 0.353. The molecular weight excluding hydrogens is 605 g/mol. The number of fused-ring (bicyclic) bond motifs is 1. The monoisotopic (exact) mass is 626 g/mol. The Morgan fingerprint density at radius 3 is 2.52 bits per heavy atom. The van der Waals surface area contributed by atoms with Crippen molar-refractivity contribution in [3.05, 3.63) is 52.6 Å². The fourth-order valence-corrected chi connectivity index (χ4v) is 6.75. The van der Waals surface area contributed by atoms with Gasteiger partial charge in [0.15, 0.2) is 17.0 Å². The number of nitro benzene ring substituents is 1. The molecule has 0 radical (unpaired) electrons. The normalized spacial score (nSPS) is 22.6. The van der Waals surface area contributed by atoms with Crippen LogP contribution >= 0.6 is 23.5 Å². The molecular formula is C17H21N6O14P3. The van der Waals surface area contributed by atoms with E-state index >= 15 is 0 Å². The lowest BCUT2D eigenvalue weighted by atomic mass is 10.2. The van der Waals surface area contributed by atoms with Gasteiger partial charge >= 0.3 is 23.5 Å². The van der Waals surface area contributed by atoms with Gasteiger partial charge in [-0.05, 0) is 0 Å². The Hall–Kier alpha value is -2.70. The number of imidazole rings is 1. The largest absolute Gasteiger partial charge is 0.490 e. The van der Waals surface area contributed by atoms with Crippen LogP contribution in [-0.4, -0.2) is 67.9 Å². The van der Waals surface area contributed by atoms with Crippen molar-refractivity contribution in [2.45, 2.75) is 31.4 Å². The second kappa shape index (κ2) is 11.7. The lowest BCUT2D eigenvalue weighted by Gasteiger charge is -2.19. The predicted octanol–water partition coefficient (Wildman–Crippen LogP) is 1.34. The molecule has 218 valence electrons. The van der Waals surface area contributed by atoms with Crippen LogP contribution in [0.15, 0.2) is 36.9 Å². The number of hydrogen-bond donors (Lipinski definition) is 6. The van der Waals surface area contributed by atoms with Crippen molar-refractivity contribution in [1.29, 1.82) is 0 Å². The van der Waals surface area contributed by atoms with E-state index in [1.165, 1.54) is 23.3 Å². The van der Waals surface area contributed by atoms with Gasteiger partial charge in [0.05, 0.1) is 24.0 Å². The molecule has 20 nitrogen and oxygen atoms in total. The van der Waals surface area contributed by atoms with E-state index < -0.39 is 53.4 Å². The van der Waals surface area contributed by atoms with Crippen LogP contribution in [0.4, 0.5) is 11.5 Å². The highest BCUT2D eigenvalue weighted by atomic mass is 31.3. The zero-order valence-corrected chi connectivity index (χ0v) is 22.5. The second-order valence-corrected chi connectivity index (χ2v) is 12.5. The number of nitrogens with zero attached hydrogens (tertiary/aromatic N) is 5. The van der Waals surface area contributed by atoms with Gasteiger partial charge in [-0.2, -0.15) is 8.62 Å². The van der Waals surface area contributed by atoms with E-state index in [0.717, 1.165) is 0 Å². The van der Waals surface area contributed by atoms with Crippen LogP contribution in [0.3, 0.4) is 0 Å². The minimum absolute atomic E-state index is 0.0530. The Kier molecular flexibility index (Phi) is 8.82. The van der Waals surface area contributed by atoms with Crippen LogP contribution in [-0.2, 0) is 38.1 Å². The maximum atomic E-state index is 12.0. The van der Waals surface area contributed by atoms with Crippen LogP contribution in [0.25, 0.3) is 11.2 Å². The summed E-state index contributed by atoms with van der Waals surface area (Å²) in [6, 6.07) is 6.14. The van der Waals surface area contributed by atoms with Crippen LogP contribution in [0.5, 0.6) is 0 Å². The Morgan fingerprint density at radius 1 is 1.10 bits per heavy atom. The number of aliphatic hydroxyl groups is 1. The topological polar surface area (TPSA) is 288 Å². The highest BCUT2D eigenvalue weighted by Crippen LogP contribution is 2.66. The van der Waals surface area contributed by atoms with E-state index in [0.29, 0.717) is 5.56 Å². The molecule has 1 aliphatic rings.